The van der Waals surface area contributed by atoms with Gasteiger partial charge >= 0.3 is 0 Å². The average molecular weight is 536 g/mol. The molecular weight excluding hydrogens is 498 g/mol. The number of nitrogens with zero attached hydrogens (tertiary/aromatic N) is 1. The fourth-order valence-electron chi connectivity index (χ4n) is 6.97. The molecule has 3 amide bonds. The number of para-hydroxylation sites is 1. The smallest absolute Gasteiger partial charge is 0.248 e. The van der Waals surface area contributed by atoms with Crippen molar-refractivity contribution in [2.24, 2.45) is 11.8 Å². The van der Waals surface area contributed by atoms with Crippen LogP contribution in [0.2, 0.25) is 0 Å². The van der Waals surface area contributed by atoms with Gasteiger partial charge in [-0.15, -0.1) is 11.8 Å². The van der Waals surface area contributed by atoms with E-state index in [2.05, 4.69) is 17.6 Å². The van der Waals surface area contributed by atoms with Crippen LogP contribution < -0.4 is 10.6 Å². The zero-order valence-electron chi connectivity index (χ0n) is 22.5. The molecule has 0 radical (unpaired) electrons. The van der Waals surface area contributed by atoms with Crippen LogP contribution in [0.3, 0.4) is 0 Å². The van der Waals surface area contributed by atoms with E-state index in [-0.39, 0.29) is 24.3 Å². The van der Waals surface area contributed by atoms with Gasteiger partial charge in [0, 0.05) is 17.0 Å². The molecule has 5 rings (SSSR count). The van der Waals surface area contributed by atoms with Crippen molar-refractivity contribution in [3.8, 4) is 0 Å². The summed E-state index contributed by atoms with van der Waals surface area (Å²) in [5, 5.41) is 16.5. The molecule has 6 atom stereocenters. The van der Waals surface area contributed by atoms with Crippen LogP contribution in [0.1, 0.15) is 49.8 Å². The molecule has 3 aliphatic heterocycles. The van der Waals surface area contributed by atoms with E-state index in [0.717, 1.165) is 28.8 Å². The minimum Gasteiger partial charge on any atom is -0.394 e. The SMILES string of the molecule is CC[C@@H](CO)N1C(=O)[C@@H]2[C@H](C(=O)NCc3ccccc3)[C@]3(C)CCC2(S3)C1C(=O)Nc1c(C)cccc1C. The first-order chi connectivity index (χ1) is 18.2. The maximum atomic E-state index is 14.2. The minimum atomic E-state index is -0.769. The van der Waals surface area contributed by atoms with Crippen LogP contribution >= 0.6 is 11.8 Å². The summed E-state index contributed by atoms with van der Waals surface area (Å²) in [6.45, 7) is 8.04. The summed E-state index contributed by atoms with van der Waals surface area (Å²) in [6, 6.07) is 14.3. The first-order valence-electron chi connectivity index (χ1n) is 13.5. The second kappa shape index (κ2) is 10.0. The second-order valence-electron chi connectivity index (χ2n) is 11.2. The van der Waals surface area contributed by atoms with Crippen LogP contribution in [0.5, 0.6) is 0 Å². The number of carbonyl (C=O) groups is 3. The molecule has 3 N–H and O–H groups in total. The van der Waals surface area contributed by atoms with Crippen molar-refractivity contribution in [2.75, 3.05) is 11.9 Å². The number of fused-ring (bicyclic) bond motifs is 1. The quantitative estimate of drug-likeness (QED) is 0.478. The molecule has 2 aromatic carbocycles. The van der Waals surface area contributed by atoms with Gasteiger partial charge in [-0.05, 0) is 56.7 Å². The number of thioether (sulfide) groups is 1. The van der Waals surface area contributed by atoms with Crippen molar-refractivity contribution in [2.45, 2.75) is 75.1 Å². The molecule has 202 valence electrons. The van der Waals surface area contributed by atoms with Crippen molar-refractivity contribution in [3.05, 3.63) is 65.2 Å². The number of hydrogen-bond acceptors (Lipinski definition) is 5. The van der Waals surface area contributed by atoms with Gasteiger partial charge in [0.1, 0.15) is 6.04 Å². The van der Waals surface area contributed by atoms with E-state index >= 15 is 0 Å². The summed E-state index contributed by atoms with van der Waals surface area (Å²) in [5.74, 6) is -1.74. The number of benzene rings is 2. The highest BCUT2D eigenvalue weighted by Gasteiger charge is 2.77. The van der Waals surface area contributed by atoms with Crippen LogP contribution in [0.4, 0.5) is 5.69 Å². The van der Waals surface area contributed by atoms with Crippen molar-refractivity contribution in [1.29, 1.82) is 0 Å². The Labute approximate surface area is 228 Å². The molecule has 2 unspecified atom stereocenters. The molecule has 2 bridgehead atoms. The Morgan fingerprint density at radius 3 is 2.39 bits per heavy atom. The molecule has 0 aromatic heterocycles. The van der Waals surface area contributed by atoms with Crippen LogP contribution in [0.25, 0.3) is 0 Å². The van der Waals surface area contributed by atoms with E-state index in [4.69, 9.17) is 0 Å². The molecular formula is C30H37N3O4S. The van der Waals surface area contributed by atoms with Crippen LogP contribution in [-0.4, -0.2) is 55.9 Å². The number of nitrogens with one attached hydrogen (secondary N) is 2. The maximum absolute atomic E-state index is 14.2. The Morgan fingerprint density at radius 1 is 1.08 bits per heavy atom. The molecule has 8 heteroatoms. The third-order valence-electron chi connectivity index (χ3n) is 8.86. The maximum Gasteiger partial charge on any atom is 0.248 e. The molecule has 3 aliphatic rings. The van der Waals surface area contributed by atoms with Crippen LogP contribution in [0.15, 0.2) is 48.5 Å². The minimum absolute atomic E-state index is 0.142. The topological polar surface area (TPSA) is 98.7 Å². The third-order valence-corrected chi connectivity index (χ3v) is 10.8. The van der Waals surface area contributed by atoms with Crippen molar-refractivity contribution < 1.29 is 19.5 Å². The van der Waals surface area contributed by atoms with E-state index in [1.807, 2.05) is 69.3 Å². The van der Waals surface area contributed by atoms with Gasteiger partial charge in [-0.3, -0.25) is 14.4 Å². The molecule has 1 spiro atoms. The third kappa shape index (κ3) is 4.13. The van der Waals surface area contributed by atoms with Gasteiger partial charge in [0.05, 0.1) is 29.2 Å². The molecule has 2 aromatic rings. The lowest BCUT2D eigenvalue weighted by Crippen LogP contribution is -2.54. The number of anilines is 1. The summed E-state index contributed by atoms with van der Waals surface area (Å²) in [7, 11) is 0. The molecule has 3 heterocycles. The zero-order chi connectivity index (χ0) is 27.2. The van der Waals surface area contributed by atoms with Crippen LogP contribution in [-0.2, 0) is 20.9 Å². The monoisotopic (exact) mass is 535 g/mol. The number of hydrogen-bond donors (Lipinski definition) is 3. The molecule has 0 aliphatic carbocycles. The van der Waals surface area contributed by atoms with Crippen molar-refractivity contribution >= 4 is 35.2 Å². The predicted octanol–water partition coefficient (Wildman–Crippen LogP) is 3.81. The van der Waals surface area contributed by atoms with Gasteiger partial charge < -0.3 is 20.6 Å². The number of aliphatic hydroxyl groups is 1. The number of carbonyl (C=O) groups excluding carboxylic acids is 3. The Morgan fingerprint density at radius 2 is 1.76 bits per heavy atom. The Bertz CT molecular complexity index is 1230. The predicted molar refractivity (Wildman–Crippen MR) is 150 cm³/mol. The van der Waals surface area contributed by atoms with Crippen molar-refractivity contribution in [3.63, 3.8) is 0 Å². The standard InChI is InChI=1S/C30H37N3O4S/c1-5-21(17-34)33-25(27(36)32-24-18(2)10-9-11-19(24)3)30-15-14-29(4,38-30)22(23(30)28(33)37)26(35)31-16-20-12-7-6-8-13-20/h6-13,21-23,25,34H,5,14-17H2,1-4H3,(H,31,35)(H,32,36)/t21-,22+,23-,25?,29-,30?/m0/s1. The van der Waals surface area contributed by atoms with E-state index in [9.17, 15) is 19.5 Å². The van der Waals surface area contributed by atoms with E-state index in [1.165, 1.54) is 0 Å². The summed E-state index contributed by atoms with van der Waals surface area (Å²) < 4.78 is -1.16. The first-order valence-corrected chi connectivity index (χ1v) is 14.3. The van der Waals surface area contributed by atoms with E-state index in [1.54, 1.807) is 16.7 Å². The molecule has 3 fully saturated rings. The van der Waals surface area contributed by atoms with Gasteiger partial charge in [0.25, 0.3) is 0 Å². The molecule has 3 saturated heterocycles. The Kier molecular flexibility index (Phi) is 7.07. The zero-order valence-corrected chi connectivity index (χ0v) is 23.3. The number of rotatable bonds is 8. The number of likely N-dealkylation sites (tertiary alicyclic amines) is 1. The van der Waals surface area contributed by atoms with Crippen LogP contribution in [0, 0.1) is 25.7 Å². The molecule has 7 nitrogen and oxygen atoms in total. The summed E-state index contributed by atoms with van der Waals surface area (Å²) in [5.41, 5.74) is 3.65. The number of aryl methyl sites for hydroxylation is 2. The number of amides is 3. The summed E-state index contributed by atoms with van der Waals surface area (Å²) in [4.78, 5) is 43.7. The highest BCUT2D eigenvalue weighted by molar-refractivity contribution is 8.02. The van der Waals surface area contributed by atoms with Gasteiger partial charge in [0.2, 0.25) is 17.7 Å². The fourth-order valence-corrected chi connectivity index (χ4v) is 9.31. The van der Waals surface area contributed by atoms with Gasteiger partial charge in [-0.25, -0.2) is 0 Å². The highest BCUT2D eigenvalue weighted by Crippen LogP contribution is 2.71. The largest absolute Gasteiger partial charge is 0.394 e. The lowest BCUT2D eigenvalue weighted by Gasteiger charge is -2.37. The Balaban J connectivity index is 1.51. The molecule has 38 heavy (non-hydrogen) atoms. The summed E-state index contributed by atoms with van der Waals surface area (Å²) in [6.07, 6.45) is 1.95. The summed E-state index contributed by atoms with van der Waals surface area (Å²) >= 11 is 1.65. The number of aliphatic hydroxyl groups excluding tert-OH is 1. The van der Waals surface area contributed by atoms with Gasteiger partial charge in [-0.2, -0.15) is 0 Å². The van der Waals surface area contributed by atoms with Crippen molar-refractivity contribution in [1.82, 2.24) is 10.2 Å². The first kappa shape index (κ1) is 26.8. The normalized spacial score (nSPS) is 30.3. The second-order valence-corrected chi connectivity index (χ2v) is 13.1. The fraction of sp³-hybridized carbons (Fsp3) is 0.500. The van der Waals surface area contributed by atoms with E-state index in [0.29, 0.717) is 19.4 Å². The highest BCUT2D eigenvalue weighted by atomic mass is 32.2. The van der Waals surface area contributed by atoms with Gasteiger partial charge in [0.15, 0.2) is 0 Å². The lowest BCUT2D eigenvalue weighted by molar-refractivity contribution is -0.142. The van der Waals surface area contributed by atoms with Gasteiger partial charge in [-0.1, -0.05) is 55.5 Å². The lowest BCUT2D eigenvalue weighted by atomic mass is 9.66. The molecule has 0 saturated carbocycles. The average Bonchev–Trinajstić information content (AvgIpc) is 3.47. The Hall–Kier alpha value is -2.84. The van der Waals surface area contributed by atoms with E-state index < -0.39 is 33.4 Å².